The molecule has 2 aromatic rings. The summed E-state index contributed by atoms with van der Waals surface area (Å²) in [5, 5.41) is 18.2. The first-order valence-electron chi connectivity index (χ1n) is 12.6. The largest absolute Gasteiger partial charge is 0.378 e. The Balaban J connectivity index is 1.50. The first-order valence-corrected chi connectivity index (χ1v) is 12.6. The number of urea groups is 1. The molecule has 35 heavy (non-hydrogen) atoms. The van der Waals surface area contributed by atoms with Crippen LogP contribution in [0.5, 0.6) is 0 Å². The molecule has 0 spiro atoms. The summed E-state index contributed by atoms with van der Waals surface area (Å²) >= 11 is 0. The highest BCUT2D eigenvalue weighted by Crippen LogP contribution is 2.23. The number of fused-ring (bicyclic) bond motifs is 1. The van der Waals surface area contributed by atoms with E-state index in [1.54, 1.807) is 4.90 Å². The summed E-state index contributed by atoms with van der Waals surface area (Å²) in [4.78, 5) is 30.5. The highest BCUT2D eigenvalue weighted by atomic mass is 16.5. The number of benzene rings is 2. The number of nitrogens with zero attached hydrogens (tertiary/aromatic N) is 3. The van der Waals surface area contributed by atoms with E-state index in [1.165, 1.54) is 0 Å². The molecule has 8 nitrogen and oxygen atoms in total. The fraction of sp³-hybridized carbons (Fsp3) is 0.519. The van der Waals surface area contributed by atoms with Crippen LogP contribution in [0.3, 0.4) is 0 Å². The van der Waals surface area contributed by atoms with Gasteiger partial charge < -0.3 is 25.2 Å². The zero-order chi connectivity index (χ0) is 24.7. The summed E-state index contributed by atoms with van der Waals surface area (Å²) in [6, 6.07) is 15.4. The Bertz CT molecular complexity index is 1070. The van der Waals surface area contributed by atoms with Gasteiger partial charge in [-0.05, 0) is 42.1 Å². The molecule has 2 aromatic carbocycles. The molecule has 0 aromatic heterocycles. The zero-order valence-corrected chi connectivity index (χ0v) is 20.5. The van der Waals surface area contributed by atoms with E-state index in [-0.39, 0.29) is 11.9 Å². The quantitative estimate of drug-likeness (QED) is 0.639. The predicted octanol–water partition coefficient (Wildman–Crippen LogP) is 2.68. The lowest BCUT2D eigenvalue weighted by molar-refractivity contribution is -0.124. The predicted molar refractivity (Wildman–Crippen MR) is 135 cm³/mol. The molecule has 0 bridgehead atoms. The van der Waals surface area contributed by atoms with Crippen LogP contribution in [0, 0.1) is 11.3 Å². The van der Waals surface area contributed by atoms with Crippen molar-refractivity contribution in [2.75, 3.05) is 45.9 Å². The third-order valence-electron chi connectivity index (χ3n) is 6.99. The summed E-state index contributed by atoms with van der Waals surface area (Å²) in [6.07, 6.45) is 2.56. The molecule has 2 fully saturated rings. The third kappa shape index (κ3) is 6.30. The van der Waals surface area contributed by atoms with Crippen LogP contribution in [0.25, 0.3) is 10.8 Å². The van der Waals surface area contributed by atoms with Crippen molar-refractivity contribution < 1.29 is 14.3 Å². The van der Waals surface area contributed by atoms with E-state index in [4.69, 9.17) is 4.74 Å². The number of ether oxygens (including phenoxy) is 1. The molecular weight excluding hydrogens is 442 g/mol. The van der Waals surface area contributed by atoms with Gasteiger partial charge in [0.05, 0.1) is 19.3 Å². The van der Waals surface area contributed by atoms with Gasteiger partial charge in [0.25, 0.3) is 0 Å². The van der Waals surface area contributed by atoms with Gasteiger partial charge in [0.1, 0.15) is 11.6 Å². The van der Waals surface area contributed by atoms with Crippen LogP contribution in [-0.4, -0.2) is 79.3 Å². The van der Waals surface area contributed by atoms with E-state index in [9.17, 15) is 14.9 Å². The fourth-order valence-electron chi connectivity index (χ4n) is 4.88. The summed E-state index contributed by atoms with van der Waals surface area (Å²) in [5.74, 6) is -0.315. The molecule has 1 unspecified atom stereocenters. The molecule has 186 valence electrons. The van der Waals surface area contributed by atoms with Crippen LogP contribution in [0.1, 0.15) is 31.7 Å². The highest BCUT2D eigenvalue weighted by Gasteiger charge is 2.38. The number of morpholine rings is 1. The summed E-state index contributed by atoms with van der Waals surface area (Å²) in [5.41, 5.74) is 0.0435. The summed E-state index contributed by atoms with van der Waals surface area (Å²) in [6.45, 7) is 6.64. The van der Waals surface area contributed by atoms with Crippen molar-refractivity contribution in [1.82, 2.24) is 20.4 Å². The van der Waals surface area contributed by atoms with E-state index in [0.29, 0.717) is 45.6 Å². The Morgan fingerprint density at radius 1 is 1.09 bits per heavy atom. The number of carbonyl (C=O) groups excluding carboxylic acids is 2. The monoisotopic (exact) mass is 477 g/mol. The first kappa shape index (κ1) is 25.0. The van der Waals surface area contributed by atoms with Crippen LogP contribution in [0.15, 0.2) is 42.5 Å². The first-order chi connectivity index (χ1) is 17.0. The highest BCUT2D eigenvalue weighted by molar-refractivity contribution is 5.88. The number of piperidine rings is 1. The van der Waals surface area contributed by atoms with Crippen molar-refractivity contribution >= 4 is 22.7 Å². The molecule has 2 N–H and O–H groups in total. The minimum atomic E-state index is -0.910. The number of amides is 3. The van der Waals surface area contributed by atoms with Gasteiger partial charge in [-0.25, -0.2) is 4.79 Å². The molecule has 1 atom stereocenters. The minimum absolute atomic E-state index is 0.280. The standard InChI is InChI=1S/C27H35N5O3/c1-2-11-31-12-9-27(20-28,10-13-31)30-25(33)24(29-26(34)32-14-16-35-17-15-32)19-21-7-8-22-5-3-4-6-23(22)18-21/h3-8,18,24H,2,9-17,19H2,1H3,(H,29,34)(H,30,33). The van der Waals surface area contributed by atoms with E-state index in [0.717, 1.165) is 42.4 Å². The number of rotatable bonds is 7. The summed E-state index contributed by atoms with van der Waals surface area (Å²) < 4.78 is 5.35. The molecule has 8 heteroatoms. The van der Waals surface area contributed by atoms with Crippen molar-refractivity contribution in [2.45, 2.75) is 44.2 Å². The number of hydrogen-bond acceptors (Lipinski definition) is 5. The van der Waals surface area contributed by atoms with Crippen molar-refractivity contribution in [3.05, 3.63) is 48.0 Å². The van der Waals surface area contributed by atoms with Crippen LogP contribution in [-0.2, 0) is 16.0 Å². The molecule has 2 saturated heterocycles. The van der Waals surface area contributed by atoms with Gasteiger partial charge in [-0.15, -0.1) is 0 Å². The summed E-state index contributed by atoms with van der Waals surface area (Å²) in [7, 11) is 0. The molecule has 2 aliphatic rings. The van der Waals surface area contributed by atoms with Gasteiger partial charge in [0.15, 0.2) is 0 Å². The Kier molecular flexibility index (Phi) is 8.21. The van der Waals surface area contributed by atoms with Gasteiger partial charge in [-0.1, -0.05) is 49.4 Å². The second-order valence-corrected chi connectivity index (χ2v) is 9.51. The Morgan fingerprint density at radius 2 is 1.80 bits per heavy atom. The van der Waals surface area contributed by atoms with Crippen molar-refractivity contribution in [1.29, 1.82) is 5.26 Å². The lowest BCUT2D eigenvalue weighted by Crippen LogP contribution is -2.60. The maximum absolute atomic E-state index is 13.5. The second-order valence-electron chi connectivity index (χ2n) is 9.51. The van der Waals surface area contributed by atoms with Crippen LogP contribution < -0.4 is 10.6 Å². The van der Waals surface area contributed by atoms with Crippen LogP contribution in [0.2, 0.25) is 0 Å². The van der Waals surface area contributed by atoms with Gasteiger partial charge >= 0.3 is 6.03 Å². The Morgan fingerprint density at radius 3 is 2.49 bits per heavy atom. The Labute approximate surface area is 207 Å². The van der Waals surface area contributed by atoms with Crippen molar-refractivity contribution in [2.24, 2.45) is 0 Å². The maximum Gasteiger partial charge on any atom is 0.318 e. The van der Waals surface area contributed by atoms with Crippen LogP contribution >= 0.6 is 0 Å². The number of nitriles is 1. The Hall–Kier alpha value is -3.15. The fourth-order valence-corrected chi connectivity index (χ4v) is 4.88. The molecule has 0 saturated carbocycles. The number of nitrogens with one attached hydrogen (secondary N) is 2. The molecule has 2 aliphatic heterocycles. The molecule has 0 aliphatic carbocycles. The smallest absolute Gasteiger partial charge is 0.318 e. The lowest BCUT2D eigenvalue weighted by atomic mass is 9.88. The number of carbonyl (C=O) groups is 2. The van der Waals surface area contributed by atoms with Gasteiger partial charge in [-0.3, -0.25) is 4.79 Å². The van der Waals surface area contributed by atoms with Crippen LogP contribution in [0.4, 0.5) is 4.79 Å². The van der Waals surface area contributed by atoms with E-state index in [2.05, 4.69) is 34.6 Å². The third-order valence-corrected chi connectivity index (χ3v) is 6.99. The molecule has 2 heterocycles. The lowest BCUT2D eigenvalue weighted by Gasteiger charge is -2.38. The van der Waals surface area contributed by atoms with E-state index < -0.39 is 11.6 Å². The van der Waals surface area contributed by atoms with Crippen molar-refractivity contribution in [3.8, 4) is 6.07 Å². The normalized spacial score (nSPS) is 19.0. The van der Waals surface area contributed by atoms with Gasteiger partial charge in [0.2, 0.25) is 5.91 Å². The van der Waals surface area contributed by atoms with E-state index >= 15 is 0 Å². The molecule has 4 rings (SSSR count). The number of likely N-dealkylation sites (tertiary alicyclic amines) is 1. The topological polar surface area (TPSA) is 97.7 Å². The molecule has 0 radical (unpaired) electrons. The average Bonchev–Trinajstić information content (AvgIpc) is 2.90. The molecular formula is C27H35N5O3. The van der Waals surface area contributed by atoms with Gasteiger partial charge in [0, 0.05) is 32.6 Å². The number of hydrogen-bond donors (Lipinski definition) is 2. The van der Waals surface area contributed by atoms with Gasteiger partial charge in [-0.2, -0.15) is 5.26 Å². The minimum Gasteiger partial charge on any atom is -0.378 e. The maximum atomic E-state index is 13.5. The van der Waals surface area contributed by atoms with E-state index in [1.807, 2.05) is 36.4 Å². The SMILES string of the molecule is CCCN1CCC(C#N)(NC(=O)C(Cc2ccc3ccccc3c2)NC(=O)N2CCOCC2)CC1. The second kappa shape index (κ2) is 11.5. The van der Waals surface area contributed by atoms with Crippen molar-refractivity contribution in [3.63, 3.8) is 0 Å². The molecule has 3 amide bonds. The zero-order valence-electron chi connectivity index (χ0n) is 20.5. The average molecular weight is 478 g/mol.